The van der Waals surface area contributed by atoms with E-state index in [-0.39, 0.29) is 6.04 Å². The largest absolute Gasteiger partial charge is 0.492 e. The topological polar surface area (TPSA) is 36.3 Å². The number of para-hydroxylation sites is 1. The first-order valence-electron chi connectivity index (χ1n) is 5.85. The van der Waals surface area contributed by atoms with Gasteiger partial charge >= 0.3 is 0 Å². The van der Waals surface area contributed by atoms with Gasteiger partial charge in [-0.2, -0.15) is 5.26 Å². The van der Waals surface area contributed by atoms with Crippen molar-refractivity contribution in [3.63, 3.8) is 0 Å². The molecule has 3 atom stereocenters. The highest BCUT2D eigenvalue weighted by atomic mass is 16.5. The average Bonchev–Trinajstić information content (AvgIpc) is 2.36. The van der Waals surface area contributed by atoms with Crippen LogP contribution >= 0.6 is 0 Å². The second kappa shape index (κ2) is 3.90. The van der Waals surface area contributed by atoms with Crippen molar-refractivity contribution in [2.24, 2.45) is 0 Å². The van der Waals surface area contributed by atoms with E-state index in [2.05, 4.69) is 23.6 Å². The molecule has 1 fully saturated rings. The Hall–Kier alpha value is -1.79. The van der Waals surface area contributed by atoms with Crippen molar-refractivity contribution in [1.82, 2.24) is 4.90 Å². The van der Waals surface area contributed by atoms with E-state index in [9.17, 15) is 5.26 Å². The Morgan fingerprint density at radius 1 is 1.53 bits per heavy atom. The third-order valence-corrected chi connectivity index (χ3v) is 3.70. The van der Waals surface area contributed by atoms with Crippen LogP contribution in [-0.2, 0) is 0 Å². The highest BCUT2D eigenvalue weighted by Gasteiger charge is 2.51. The molecule has 86 valence electrons. The van der Waals surface area contributed by atoms with Crippen LogP contribution in [0.25, 0.3) is 0 Å². The quantitative estimate of drug-likeness (QED) is 0.723. The molecule has 0 amide bonds. The Bertz CT molecular complexity index is 491. The monoisotopic (exact) mass is 226 g/mol. The lowest BCUT2D eigenvalue weighted by atomic mass is 9.74. The SMILES string of the molecule is C=CCN1[C@H](C#N)[C@H]2c3ccccc3OC[C@H]21. The van der Waals surface area contributed by atoms with Gasteiger partial charge in [-0.05, 0) is 6.07 Å². The molecule has 1 aromatic carbocycles. The van der Waals surface area contributed by atoms with E-state index in [0.717, 1.165) is 12.3 Å². The van der Waals surface area contributed by atoms with Crippen molar-refractivity contribution in [3.8, 4) is 11.8 Å². The van der Waals surface area contributed by atoms with Crippen LogP contribution in [0.1, 0.15) is 11.5 Å². The molecule has 0 N–H and O–H groups in total. The molecule has 0 radical (unpaired) electrons. The minimum atomic E-state index is -0.0388. The van der Waals surface area contributed by atoms with E-state index in [1.54, 1.807) is 0 Å². The molecule has 2 aliphatic rings. The zero-order valence-electron chi connectivity index (χ0n) is 9.54. The molecule has 0 saturated carbocycles. The van der Waals surface area contributed by atoms with Crippen LogP contribution in [-0.4, -0.2) is 30.1 Å². The number of ether oxygens (including phenoxy) is 1. The second-order valence-electron chi connectivity index (χ2n) is 4.50. The van der Waals surface area contributed by atoms with Crippen molar-refractivity contribution in [2.45, 2.75) is 18.0 Å². The van der Waals surface area contributed by atoms with Crippen LogP contribution in [0, 0.1) is 11.3 Å². The van der Waals surface area contributed by atoms with Crippen molar-refractivity contribution in [1.29, 1.82) is 5.26 Å². The maximum absolute atomic E-state index is 9.28. The van der Waals surface area contributed by atoms with E-state index >= 15 is 0 Å². The molecule has 0 aliphatic carbocycles. The molecule has 3 rings (SSSR count). The third kappa shape index (κ3) is 1.38. The Labute approximate surface area is 101 Å². The second-order valence-corrected chi connectivity index (χ2v) is 4.50. The molecule has 2 aliphatic heterocycles. The number of hydrogen-bond acceptors (Lipinski definition) is 3. The van der Waals surface area contributed by atoms with Gasteiger partial charge in [0.2, 0.25) is 0 Å². The van der Waals surface area contributed by atoms with Gasteiger partial charge in [-0.1, -0.05) is 24.3 Å². The zero-order chi connectivity index (χ0) is 11.8. The van der Waals surface area contributed by atoms with Gasteiger partial charge in [-0.25, -0.2) is 0 Å². The molecule has 3 heteroatoms. The predicted molar refractivity (Wildman–Crippen MR) is 64.8 cm³/mol. The van der Waals surface area contributed by atoms with Gasteiger partial charge in [0.25, 0.3) is 0 Å². The summed E-state index contributed by atoms with van der Waals surface area (Å²) in [6, 6.07) is 10.7. The van der Waals surface area contributed by atoms with Gasteiger partial charge in [0, 0.05) is 18.0 Å². The molecule has 1 saturated heterocycles. The summed E-state index contributed by atoms with van der Waals surface area (Å²) in [6.45, 7) is 5.17. The molecule has 0 bridgehead atoms. The van der Waals surface area contributed by atoms with Gasteiger partial charge in [0.05, 0.1) is 12.1 Å². The van der Waals surface area contributed by atoms with Crippen molar-refractivity contribution in [3.05, 3.63) is 42.5 Å². The standard InChI is InChI=1S/C14H14N2O/c1-2-7-16-11(8-15)14-10-5-3-4-6-13(10)17-9-12(14)16/h2-6,11-12,14H,1,7,9H2/t11-,12-,14-/m1/s1. The third-order valence-electron chi connectivity index (χ3n) is 3.70. The van der Waals surface area contributed by atoms with E-state index in [4.69, 9.17) is 4.74 Å². The fourth-order valence-electron chi connectivity index (χ4n) is 2.92. The Morgan fingerprint density at radius 2 is 2.35 bits per heavy atom. The van der Waals surface area contributed by atoms with Crippen LogP contribution in [0.5, 0.6) is 5.75 Å². The summed E-state index contributed by atoms with van der Waals surface area (Å²) in [4.78, 5) is 2.16. The lowest BCUT2D eigenvalue weighted by Crippen LogP contribution is -2.65. The Morgan fingerprint density at radius 3 is 3.12 bits per heavy atom. The minimum absolute atomic E-state index is 0.0388. The van der Waals surface area contributed by atoms with E-state index < -0.39 is 0 Å². The number of fused-ring (bicyclic) bond motifs is 3. The van der Waals surface area contributed by atoms with E-state index in [1.807, 2.05) is 24.3 Å². The number of nitriles is 1. The number of nitrogens with zero attached hydrogens (tertiary/aromatic N) is 2. The summed E-state index contributed by atoms with van der Waals surface area (Å²) in [5.41, 5.74) is 1.18. The number of likely N-dealkylation sites (tertiary alicyclic amines) is 1. The molecule has 2 heterocycles. The zero-order valence-corrected chi connectivity index (χ0v) is 9.54. The molecular formula is C14H14N2O. The number of hydrogen-bond donors (Lipinski definition) is 0. The van der Waals surface area contributed by atoms with Crippen molar-refractivity contribution >= 4 is 0 Å². The fraction of sp³-hybridized carbons (Fsp3) is 0.357. The van der Waals surface area contributed by atoms with Crippen LogP contribution in [0.2, 0.25) is 0 Å². The summed E-state index contributed by atoms with van der Waals surface area (Å²) in [7, 11) is 0. The first-order valence-corrected chi connectivity index (χ1v) is 5.85. The van der Waals surface area contributed by atoms with Crippen molar-refractivity contribution < 1.29 is 4.74 Å². The first-order chi connectivity index (χ1) is 8.36. The van der Waals surface area contributed by atoms with E-state index in [1.165, 1.54) is 5.56 Å². The normalized spacial score (nSPS) is 30.2. The van der Waals surface area contributed by atoms with Crippen LogP contribution in [0.4, 0.5) is 0 Å². The van der Waals surface area contributed by atoms with Gasteiger partial charge in [0.1, 0.15) is 18.4 Å². The van der Waals surface area contributed by atoms with Gasteiger partial charge < -0.3 is 4.74 Å². The maximum Gasteiger partial charge on any atom is 0.123 e. The first kappa shape index (κ1) is 10.4. The Kier molecular flexibility index (Phi) is 2.38. The molecular weight excluding hydrogens is 212 g/mol. The molecule has 0 unspecified atom stereocenters. The molecule has 3 nitrogen and oxygen atoms in total. The molecule has 0 spiro atoms. The van der Waals surface area contributed by atoms with Crippen LogP contribution in [0.15, 0.2) is 36.9 Å². The highest BCUT2D eigenvalue weighted by molar-refractivity contribution is 5.44. The molecule has 1 aromatic rings. The van der Waals surface area contributed by atoms with Crippen LogP contribution in [0.3, 0.4) is 0 Å². The fourth-order valence-corrected chi connectivity index (χ4v) is 2.92. The summed E-state index contributed by atoms with van der Waals surface area (Å²) in [5, 5.41) is 9.28. The Balaban J connectivity index is 1.95. The van der Waals surface area contributed by atoms with E-state index in [0.29, 0.717) is 18.6 Å². The van der Waals surface area contributed by atoms with Gasteiger partial charge in [-0.15, -0.1) is 6.58 Å². The van der Waals surface area contributed by atoms with Crippen LogP contribution < -0.4 is 4.74 Å². The number of benzene rings is 1. The average molecular weight is 226 g/mol. The number of rotatable bonds is 2. The summed E-state index contributed by atoms with van der Waals surface area (Å²) >= 11 is 0. The maximum atomic E-state index is 9.28. The van der Waals surface area contributed by atoms with Gasteiger partial charge in [-0.3, -0.25) is 4.90 Å². The minimum Gasteiger partial charge on any atom is -0.492 e. The summed E-state index contributed by atoms with van der Waals surface area (Å²) in [6.07, 6.45) is 1.85. The van der Waals surface area contributed by atoms with Gasteiger partial charge in [0.15, 0.2) is 0 Å². The predicted octanol–water partition coefficient (Wildman–Crippen LogP) is 1.92. The lowest BCUT2D eigenvalue weighted by molar-refractivity contribution is -0.0160. The summed E-state index contributed by atoms with van der Waals surface area (Å²) < 4.78 is 5.74. The molecule has 0 aromatic heterocycles. The molecule has 17 heavy (non-hydrogen) atoms. The summed E-state index contributed by atoms with van der Waals surface area (Å²) in [5.74, 6) is 1.23. The highest BCUT2D eigenvalue weighted by Crippen LogP contribution is 2.46. The van der Waals surface area contributed by atoms with Crippen molar-refractivity contribution in [2.75, 3.05) is 13.2 Å². The smallest absolute Gasteiger partial charge is 0.123 e. The lowest BCUT2D eigenvalue weighted by Gasteiger charge is -2.54.